The molecule has 4 aliphatic heterocycles. The molecule has 0 saturated heterocycles. The van der Waals surface area contributed by atoms with Gasteiger partial charge in [0.2, 0.25) is 23.6 Å². The number of hydrogen-bond acceptors (Lipinski definition) is 8. The Kier molecular flexibility index (Phi) is 8.91. The van der Waals surface area contributed by atoms with Crippen molar-refractivity contribution in [3.63, 3.8) is 0 Å². The summed E-state index contributed by atoms with van der Waals surface area (Å²) < 4.78 is 26.0. The van der Waals surface area contributed by atoms with Crippen molar-refractivity contribution >= 4 is 23.6 Å². The van der Waals surface area contributed by atoms with Crippen LogP contribution in [0.15, 0.2) is 178 Å². The predicted octanol–water partition coefficient (Wildman–Crippen LogP) is 9.43. The van der Waals surface area contributed by atoms with E-state index in [4.69, 9.17) is 38.9 Å². The average molecular weight is 735 g/mol. The molecule has 0 aromatic heterocycles. The van der Waals surface area contributed by atoms with E-state index in [9.17, 15) is 0 Å². The Morgan fingerprint density at radius 3 is 0.750 bits per heavy atom. The molecule has 0 radical (unpaired) electrons. The van der Waals surface area contributed by atoms with Gasteiger partial charge in [0.05, 0.1) is 0 Å². The van der Waals surface area contributed by atoms with Crippen LogP contribution < -0.4 is 0 Å². The Labute approximate surface area is 325 Å². The molecule has 6 aromatic rings. The van der Waals surface area contributed by atoms with Gasteiger partial charge in [-0.2, -0.15) is 0 Å². The summed E-state index contributed by atoms with van der Waals surface area (Å²) in [5.41, 5.74) is 9.27. The molecular weight excluding hydrogens is 697 g/mol. The smallest absolute Gasteiger partial charge is 0.217 e. The molecular formula is C48H38N4O4. The minimum atomic E-state index is -0.150. The van der Waals surface area contributed by atoms with Gasteiger partial charge in [0.25, 0.3) is 0 Å². The SMILES string of the molecule is c1ccc(C2COC(c3cccc(C4=N[C@@H](c5ccccc5)CO4)c3-c3c(C4=N[C@@H](c5ccccc5)CO4)cccc3C3=N[C@@H](c4ccccc4)CO3)=N2)cc1. The Morgan fingerprint density at radius 1 is 0.286 bits per heavy atom. The molecule has 1 unspecified atom stereocenters. The fourth-order valence-electron chi connectivity index (χ4n) is 7.82. The van der Waals surface area contributed by atoms with E-state index in [0.717, 1.165) is 55.6 Å². The van der Waals surface area contributed by atoms with Gasteiger partial charge in [0.15, 0.2) is 0 Å². The zero-order valence-electron chi connectivity index (χ0n) is 30.6. The molecule has 8 nitrogen and oxygen atoms in total. The van der Waals surface area contributed by atoms with E-state index in [2.05, 4.69) is 72.8 Å². The molecule has 0 aliphatic carbocycles. The Bertz CT molecular complexity index is 2160. The van der Waals surface area contributed by atoms with Crippen LogP contribution in [0.25, 0.3) is 11.1 Å². The van der Waals surface area contributed by atoms with Crippen molar-refractivity contribution in [2.45, 2.75) is 24.2 Å². The van der Waals surface area contributed by atoms with Gasteiger partial charge in [-0.25, -0.2) is 20.0 Å². The highest BCUT2D eigenvalue weighted by atomic mass is 16.5. The Morgan fingerprint density at radius 2 is 0.518 bits per heavy atom. The van der Waals surface area contributed by atoms with E-state index < -0.39 is 0 Å². The third-order valence-corrected chi connectivity index (χ3v) is 10.6. The van der Waals surface area contributed by atoms with Gasteiger partial charge >= 0.3 is 0 Å². The average Bonchev–Trinajstić information content (AvgIpc) is 4.12. The standard InChI is InChI=1S/C48H38N4O4/c1-5-15-31(16-6-1)39-27-53-45(49-39)35-23-13-24-36(46-50-40(28-54-46)32-17-7-2-8-18-32)43(35)44-37(47-51-41(29-55-47)33-19-9-3-10-20-33)25-14-26-38(44)48-52-42(30-56-48)34-21-11-4-12-22-34/h1-26,39-42H,27-30H2/t39-,40-,41-,42?/m1/s1. The summed E-state index contributed by atoms with van der Waals surface area (Å²) in [7, 11) is 0. The predicted molar refractivity (Wildman–Crippen MR) is 219 cm³/mol. The summed E-state index contributed by atoms with van der Waals surface area (Å²) in [6, 6.07) is 52.7. The molecule has 4 aliphatic rings. The third kappa shape index (κ3) is 6.43. The van der Waals surface area contributed by atoms with Crippen molar-refractivity contribution < 1.29 is 18.9 Å². The molecule has 0 amide bonds. The van der Waals surface area contributed by atoms with Crippen molar-refractivity contribution in [3.05, 3.63) is 202 Å². The van der Waals surface area contributed by atoms with Crippen molar-refractivity contribution in [1.29, 1.82) is 0 Å². The molecule has 0 fully saturated rings. The molecule has 10 rings (SSSR count). The second-order valence-electron chi connectivity index (χ2n) is 14.1. The zero-order chi connectivity index (χ0) is 37.3. The number of ether oxygens (including phenoxy) is 4. The maximum atomic E-state index is 6.50. The van der Waals surface area contributed by atoms with Gasteiger partial charge in [-0.05, 0) is 46.5 Å². The number of nitrogens with zero attached hydrogens (tertiary/aromatic N) is 4. The molecule has 274 valence electrons. The van der Waals surface area contributed by atoms with Gasteiger partial charge in [0, 0.05) is 33.4 Å². The largest absolute Gasteiger partial charge is 0.475 e. The number of aliphatic imine (C=N–C) groups is 4. The van der Waals surface area contributed by atoms with Crippen LogP contribution in [0.1, 0.15) is 68.7 Å². The zero-order valence-corrected chi connectivity index (χ0v) is 30.6. The lowest BCUT2D eigenvalue weighted by Gasteiger charge is -2.20. The summed E-state index contributed by atoms with van der Waals surface area (Å²) in [6.45, 7) is 1.70. The molecule has 56 heavy (non-hydrogen) atoms. The normalized spacial score (nSPS) is 21.2. The molecule has 0 N–H and O–H groups in total. The number of benzene rings is 6. The third-order valence-electron chi connectivity index (χ3n) is 10.6. The summed E-state index contributed by atoms with van der Waals surface area (Å²) in [5.74, 6) is 2.18. The van der Waals surface area contributed by atoms with Crippen LogP contribution in [0.3, 0.4) is 0 Å². The lowest BCUT2D eigenvalue weighted by atomic mass is 9.87. The molecule has 0 bridgehead atoms. The minimum absolute atomic E-state index is 0.150. The number of hydrogen-bond donors (Lipinski definition) is 0. The minimum Gasteiger partial charge on any atom is -0.475 e. The van der Waals surface area contributed by atoms with Gasteiger partial charge in [-0.1, -0.05) is 133 Å². The summed E-state index contributed by atoms with van der Waals surface area (Å²) in [6.07, 6.45) is 0. The molecule has 8 heteroatoms. The first-order valence-electron chi connectivity index (χ1n) is 19.1. The second-order valence-corrected chi connectivity index (χ2v) is 14.1. The van der Waals surface area contributed by atoms with Crippen molar-refractivity contribution in [3.8, 4) is 11.1 Å². The molecule has 4 heterocycles. The van der Waals surface area contributed by atoms with Crippen LogP contribution in [-0.4, -0.2) is 50.0 Å². The molecule has 0 saturated carbocycles. The maximum absolute atomic E-state index is 6.50. The lowest BCUT2D eigenvalue weighted by molar-refractivity contribution is 0.318. The van der Waals surface area contributed by atoms with Crippen molar-refractivity contribution in [2.75, 3.05) is 26.4 Å². The highest BCUT2D eigenvalue weighted by Crippen LogP contribution is 2.41. The van der Waals surface area contributed by atoms with Crippen LogP contribution in [-0.2, 0) is 18.9 Å². The Balaban J connectivity index is 1.19. The van der Waals surface area contributed by atoms with Gasteiger partial charge < -0.3 is 18.9 Å². The van der Waals surface area contributed by atoms with Crippen molar-refractivity contribution in [1.82, 2.24) is 0 Å². The first-order chi connectivity index (χ1) is 27.8. The molecule has 0 spiro atoms. The van der Waals surface area contributed by atoms with Crippen LogP contribution in [0, 0.1) is 0 Å². The van der Waals surface area contributed by atoms with E-state index in [1.54, 1.807) is 0 Å². The maximum Gasteiger partial charge on any atom is 0.217 e. The summed E-state index contributed by atoms with van der Waals surface area (Å²) in [5, 5.41) is 0. The van der Waals surface area contributed by atoms with Gasteiger partial charge in [-0.15, -0.1) is 0 Å². The highest BCUT2D eigenvalue weighted by Gasteiger charge is 2.35. The second kappa shape index (κ2) is 14.8. The van der Waals surface area contributed by atoms with E-state index in [1.807, 2.05) is 84.9 Å². The van der Waals surface area contributed by atoms with Crippen LogP contribution in [0.2, 0.25) is 0 Å². The van der Waals surface area contributed by atoms with Gasteiger partial charge in [0.1, 0.15) is 50.6 Å². The van der Waals surface area contributed by atoms with Crippen molar-refractivity contribution in [2.24, 2.45) is 20.0 Å². The van der Waals surface area contributed by atoms with Crippen LogP contribution in [0.4, 0.5) is 0 Å². The first-order valence-corrected chi connectivity index (χ1v) is 19.1. The van der Waals surface area contributed by atoms with Crippen LogP contribution in [0.5, 0.6) is 0 Å². The monoisotopic (exact) mass is 734 g/mol. The molecule has 6 aromatic carbocycles. The van der Waals surface area contributed by atoms with E-state index in [0.29, 0.717) is 50.0 Å². The van der Waals surface area contributed by atoms with E-state index in [1.165, 1.54) is 0 Å². The Hall–Kier alpha value is -6.80. The first kappa shape index (κ1) is 33.7. The fourth-order valence-corrected chi connectivity index (χ4v) is 7.82. The topological polar surface area (TPSA) is 86.4 Å². The molecule has 4 atom stereocenters. The lowest BCUT2D eigenvalue weighted by Crippen LogP contribution is -2.15. The highest BCUT2D eigenvalue weighted by molar-refractivity contribution is 6.17. The van der Waals surface area contributed by atoms with Crippen LogP contribution >= 0.6 is 0 Å². The number of rotatable bonds is 9. The summed E-state index contributed by atoms with van der Waals surface area (Å²) in [4.78, 5) is 20.8. The van der Waals surface area contributed by atoms with E-state index >= 15 is 0 Å². The fraction of sp³-hybridized carbons (Fsp3) is 0.167. The quantitative estimate of drug-likeness (QED) is 0.148. The van der Waals surface area contributed by atoms with E-state index in [-0.39, 0.29) is 24.2 Å². The van der Waals surface area contributed by atoms with Gasteiger partial charge in [-0.3, -0.25) is 0 Å². The summed E-state index contributed by atoms with van der Waals surface area (Å²) >= 11 is 0.